The summed E-state index contributed by atoms with van der Waals surface area (Å²) in [5, 5.41) is 0. The molecular formula is C37H72O4. The van der Waals surface area contributed by atoms with Crippen molar-refractivity contribution < 1.29 is 19.1 Å². The van der Waals surface area contributed by atoms with E-state index in [0.29, 0.717) is 31.5 Å². The van der Waals surface area contributed by atoms with Gasteiger partial charge < -0.3 is 9.47 Å². The molecule has 41 heavy (non-hydrogen) atoms. The summed E-state index contributed by atoms with van der Waals surface area (Å²) in [6.45, 7) is 12.2. The minimum atomic E-state index is 0.00314. The summed E-state index contributed by atoms with van der Waals surface area (Å²) >= 11 is 0. The second-order valence-corrected chi connectivity index (χ2v) is 12.7. The van der Waals surface area contributed by atoms with Crippen molar-refractivity contribution in [1.82, 2.24) is 0 Å². The summed E-state index contributed by atoms with van der Waals surface area (Å²) in [7, 11) is 0. The maximum absolute atomic E-state index is 12.5. The zero-order chi connectivity index (χ0) is 30.4. The summed E-state index contributed by atoms with van der Waals surface area (Å²) in [6.07, 6.45) is 29.8. The van der Waals surface area contributed by atoms with Gasteiger partial charge in [0.2, 0.25) is 0 Å². The van der Waals surface area contributed by atoms with Gasteiger partial charge in [0.15, 0.2) is 0 Å². The van der Waals surface area contributed by atoms with E-state index in [0.717, 1.165) is 44.9 Å². The van der Waals surface area contributed by atoms with Crippen LogP contribution in [0.4, 0.5) is 0 Å². The molecule has 0 heterocycles. The summed E-state index contributed by atoms with van der Waals surface area (Å²) in [5.41, 5.74) is 0. The van der Waals surface area contributed by atoms with E-state index in [1.807, 2.05) is 0 Å². The number of unbranched alkanes of at least 4 members (excludes halogenated alkanes) is 15. The van der Waals surface area contributed by atoms with Gasteiger partial charge in [-0.2, -0.15) is 0 Å². The Balaban J connectivity index is 3.53. The second-order valence-electron chi connectivity index (χ2n) is 12.7. The molecule has 0 saturated carbocycles. The van der Waals surface area contributed by atoms with Crippen molar-refractivity contribution in [3.63, 3.8) is 0 Å². The van der Waals surface area contributed by atoms with Crippen molar-refractivity contribution in [1.29, 1.82) is 0 Å². The van der Waals surface area contributed by atoms with Gasteiger partial charge in [-0.1, -0.05) is 157 Å². The van der Waals surface area contributed by atoms with Crippen LogP contribution in [0.5, 0.6) is 0 Å². The van der Waals surface area contributed by atoms with Gasteiger partial charge in [-0.15, -0.1) is 0 Å². The minimum absolute atomic E-state index is 0.00314. The van der Waals surface area contributed by atoms with Crippen LogP contribution >= 0.6 is 0 Å². The van der Waals surface area contributed by atoms with Crippen molar-refractivity contribution in [3.8, 4) is 0 Å². The predicted octanol–water partition coefficient (Wildman–Crippen LogP) is 11.8. The van der Waals surface area contributed by atoms with Gasteiger partial charge in [-0.05, 0) is 43.9 Å². The van der Waals surface area contributed by atoms with Crippen LogP contribution in [0, 0.1) is 17.8 Å². The molecule has 0 N–H and O–H groups in total. The summed E-state index contributed by atoms with van der Waals surface area (Å²) in [6, 6.07) is 0. The monoisotopic (exact) mass is 581 g/mol. The number of carbonyl (C=O) groups is 2. The number of hydrogen-bond donors (Lipinski definition) is 0. The molecule has 0 aromatic carbocycles. The molecule has 0 aliphatic heterocycles. The lowest BCUT2D eigenvalue weighted by molar-refractivity contribution is -0.150. The van der Waals surface area contributed by atoms with Crippen molar-refractivity contribution >= 4 is 11.9 Å². The lowest BCUT2D eigenvalue weighted by Gasteiger charge is -2.18. The molecule has 0 radical (unpaired) electrons. The molecule has 0 aromatic rings. The SMILES string of the molecule is CCCCC(CC)COC(=O)CCCCCCCCCCCCCCCCC(CC)C(=O)OCC(CC)CCCC. The van der Waals surface area contributed by atoms with Crippen LogP contribution in [0.15, 0.2) is 0 Å². The molecule has 0 aliphatic rings. The molecular weight excluding hydrogens is 508 g/mol. The van der Waals surface area contributed by atoms with Crippen LogP contribution in [0.2, 0.25) is 0 Å². The normalized spacial score (nSPS) is 13.6. The number of rotatable bonds is 31. The summed E-state index contributed by atoms with van der Waals surface area (Å²) < 4.78 is 11.2. The Kier molecular flexibility index (Phi) is 29.6. The van der Waals surface area contributed by atoms with Crippen molar-refractivity contribution in [3.05, 3.63) is 0 Å². The minimum Gasteiger partial charge on any atom is -0.465 e. The number of ether oxygens (including phenoxy) is 2. The molecule has 0 rings (SSSR count). The largest absolute Gasteiger partial charge is 0.465 e. The standard InChI is InChI=1S/C37H72O4/c1-6-11-27-33(8-3)31-40-36(38)30-26-24-22-20-18-16-14-13-15-17-19-21-23-25-29-35(10-5)37(39)41-32-34(9-4)28-12-7-2/h33-35H,6-32H2,1-5H3. The highest BCUT2D eigenvalue weighted by molar-refractivity contribution is 5.72. The van der Waals surface area contributed by atoms with Crippen molar-refractivity contribution in [2.45, 2.75) is 195 Å². The van der Waals surface area contributed by atoms with Gasteiger partial charge >= 0.3 is 11.9 Å². The summed E-state index contributed by atoms with van der Waals surface area (Å²) in [5.74, 6) is 1.21. The first-order valence-corrected chi connectivity index (χ1v) is 18.3. The Bertz CT molecular complexity index is 575. The molecule has 0 spiro atoms. The van der Waals surface area contributed by atoms with E-state index in [1.54, 1.807) is 0 Å². The van der Waals surface area contributed by atoms with Crippen LogP contribution in [0.3, 0.4) is 0 Å². The smallest absolute Gasteiger partial charge is 0.308 e. The van der Waals surface area contributed by atoms with Crippen molar-refractivity contribution in [2.75, 3.05) is 13.2 Å². The van der Waals surface area contributed by atoms with Gasteiger partial charge in [0.1, 0.15) is 0 Å². The van der Waals surface area contributed by atoms with Gasteiger partial charge in [0, 0.05) is 6.42 Å². The Morgan fingerprint density at radius 3 is 1.29 bits per heavy atom. The van der Waals surface area contributed by atoms with Crippen LogP contribution in [-0.4, -0.2) is 25.2 Å². The molecule has 0 saturated heterocycles. The Hall–Kier alpha value is -1.06. The third-order valence-corrected chi connectivity index (χ3v) is 9.04. The molecule has 0 aliphatic carbocycles. The van der Waals surface area contributed by atoms with E-state index >= 15 is 0 Å². The number of hydrogen-bond acceptors (Lipinski definition) is 4. The van der Waals surface area contributed by atoms with Gasteiger partial charge in [-0.25, -0.2) is 0 Å². The highest BCUT2D eigenvalue weighted by Crippen LogP contribution is 2.20. The van der Waals surface area contributed by atoms with E-state index in [2.05, 4.69) is 34.6 Å². The molecule has 4 nitrogen and oxygen atoms in total. The summed E-state index contributed by atoms with van der Waals surface area (Å²) in [4.78, 5) is 24.5. The lowest BCUT2D eigenvalue weighted by Crippen LogP contribution is -2.21. The zero-order valence-electron chi connectivity index (χ0n) is 28.5. The lowest BCUT2D eigenvalue weighted by atomic mass is 9.97. The van der Waals surface area contributed by atoms with Crippen LogP contribution in [-0.2, 0) is 19.1 Å². The molecule has 3 unspecified atom stereocenters. The molecule has 0 amide bonds. The third kappa shape index (κ3) is 25.2. The molecule has 0 fully saturated rings. The van der Waals surface area contributed by atoms with E-state index in [-0.39, 0.29) is 17.9 Å². The van der Waals surface area contributed by atoms with Crippen LogP contribution in [0.25, 0.3) is 0 Å². The first-order valence-electron chi connectivity index (χ1n) is 18.3. The van der Waals surface area contributed by atoms with E-state index < -0.39 is 0 Å². The highest BCUT2D eigenvalue weighted by Gasteiger charge is 2.19. The van der Waals surface area contributed by atoms with E-state index in [1.165, 1.54) is 109 Å². The van der Waals surface area contributed by atoms with Crippen LogP contribution in [0.1, 0.15) is 195 Å². The molecule has 4 heteroatoms. The highest BCUT2D eigenvalue weighted by atomic mass is 16.5. The first kappa shape index (κ1) is 39.9. The quantitative estimate of drug-likeness (QED) is 0.0604. The third-order valence-electron chi connectivity index (χ3n) is 9.04. The van der Waals surface area contributed by atoms with Crippen molar-refractivity contribution in [2.24, 2.45) is 17.8 Å². The molecule has 0 aromatic heterocycles. The Morgan fingerprint density at radius 1 is 0.463 bits per heavy atom. The number of carbonyl (C=O) groups excluding carboxylic acids is 2. The van der Waals surface area contributed by atoms with Gasteiger partial charge in [0.25, 0.3) is 0 Å². The molecule has 0 bridgehead atoms. The topological polar surface area (TPSA) is 52.6 Å². The molecule has 244 valence electrons. The van der Waals surface area contributed by atoms with Gasteiger partial charge in [-0.3, -0.25) is 9.59 Å². The van der Waals surface area contributed by atoms with Gasteiger partial charge in [0.05, 0.1) is 19.1 Å². The average molecular weight is 581 g/mol. The fourth-order valence-electron chi connectivity index (χ4n) is 5.67. The maximum Gasteiger partial charge on any atom is 0.308 e. The predicted molar refractivity (Wildman–Crippen MR) is 176 cm³/mol. The fraction of sp³-hybridized carbons (Fsp3) is 0.946. The Morgan fingerprint density at radius 2 is 0.878 bits per heavy atom. The second kappa shape index (κ2) is 30.4. The maximum atomic E-state index is 12.5. The van der Waals surface area contributed by atoms with Crippen LogP contribution < -0.4 is 0 Å². The Labute approximate surface area is 256 Å². The van der Waals surface area contributed by atoms with E-state index in [4.69, 9.17) is 9.47 Å². The van der Waals surface area contributed by atoms with E-state index in [9.17, 15) is 9.59 Å². The first-order chi connectivity index (χ1) is 20.0. The fourth-order valence-corrected chi connectivity index (χ4v) is 5.67. The zero-order valence-corrected chi connectivity index (χ0v) is 28.5. The number of esters is 2. The molecule has 3 atom stereocenters. The average Bonchev–Trinajstić information content (AvgIpc) is 2.98.